The second-order valence-corrected chi connectivity index (χ2v) is 4.78. The number of amides is 1. The van der Waals surface area contributed by atoms with E-state index in [1.165, 1.54) is 36.4 Å². The van der Waals surface area contributed by atoms with Crippen LogP contribution in [0.4, 0.5) is 10.1 Å². The summed E-state index contributed by atoms with van der Waals surface area (Å²) in [5.74, 6) is -0.714. The van der Waals surface area contributed by atoms with Crippen molar-refractivity contribution in [3.8, 4) is 0 Å². The molecule has 0 atom stereocenters. The number of nitrogens with one attached hydrogen (secondary N) is 1. The Labute approximate surface area is 125 Å². The largest absolute Gasteiger partial charge is 0.323 e. The van der Waals surface area contributed by atoms with Gasteiger partial charge in [-0.2, -0.15) is 0 Å². The Morgan fingerprint density at radius 2 is 1.65 bits per heavy atom. The molecule has 2 nitrogen and oxygen atoms in total. The molecule has 2 rings (SSSR count). The first-order chi connectivity index (χ1) is 9.56. The molecule has 0 saturated heterocycles. The normalized spacial score (nSPS) is 10.8. The third-order valence-corrected chi connectivity index (χ3v) is 3.17. The van der Waals surface area contributed by atoms with E-state index in [1.54, 1.807) is 18.2 Å². The van der Waals surface area contributed by atoms with Gasteiger partial charge in [-0.05, 0) is 42.5 Å². The molecule has 2 aromatic carbocycles. The minimum Gasteiger partial charge on any atom is -0.323 e. The molecule has 5 heteroatoms. The van der Waals surface area contributed by atoms with Crippen LogP contribution in [-0.4, -0.2) is 5.91 Å². The summed E-state index contributed by atoms with van der Waals surface area (Å²) in [6.07, 6.45) is 2.85. The summed E-state index contributed by atoms with van der Waals surface area (Å²) >= 11 is 12.0. The standard InChI is InChI=1S/C15H10Cl2FNO/c16-13-2-1-3-14(17)12(13)8-9-15(20)19-11-6-4-10(18)5-7-11/h1-9H,(H,19,20)/b9-8+. The van der Waals surface area contributed by atoms with Crippen molar-refractivity contribution in [2.45, 2.75) is 0 Å². The van der Waals surface area contributed by atoms with Crippen LogP contribution >= 0.6 is 23.2 Å². The minimum atomic E-state index is -0.360. The van der Waals surface area contributed by atoms with Crippen LogP contribution in [0.1, 0.15) is 5.56 Å². The van der Waals surface area contributed by atoms with E-state index in [0.29, 0.717) is 21.3 Å². The van der Waals surface area contributed by atoms with Gasteiger partial charge in [0.15, 0.2) is 0 Å². The lowest BCUT2D eigenvalue weighted by molar-refractivity contribution is -0.111. The van der Waals surface area contributed by atoms with E-state index in [1.807, 2.05) is 0 Å². The first-order valence-corrected chi connectivity index (χ1v) is 6.50. The molecule has 0 aliphatic carbocycles. The van der Waals surface area contributed by atoms with E-state index in [9.17, 15) is 9.18 Å². The van der Waals surface area contributed by atoms with Gasteiger partial charge >= 0.3 is 0 Å². The third kappa shape index (κ3) is 3.83. The van der Waals surface area contributed by atoms with Crippen molar-refractivity contribution in [2.75, 3.05) is 5.32 Å². The van der Waals surface area contributed by atoms with Crippen molar-refractivity contribution in [3.05, 3.63) is 70.0 Å². The second kappa shape index (κ2) is 6.55. The average Bonchev–Trinajstić information content (AvgIpc) is 2.41. The van der Waals surface area contributed by atoms with Gasteiger partial charge in [0.25, 0.3) is 0 Å². The molecule has 0 aromatic heterocycles. The fraction of sp³-hybridized carbons (Fsp3) is 0. The van der Waals surface area contributed by atoms with Gasteiger partial charge in [0.1, 0.15) is 5.82 Å². The van der Waals surface area contributed by atoms with Crippen molar-refractivity contribution in [2.24, 2.45) is 0 Å². The van der Waals surface area contributed by atoms with Gasteiger partial charge in [0, 0.05) is 27.4 Å². The van der Waals surface area contributed by atoms with Crippen LogP contribution in [-0.2, 0) is 4.79 Å². The first kappa shape index (κ1) is 14.6. The van der Waals surface area contributed by atoms with Crippen LogP contribution in [0.2, 0.25) is 10.0 Å². The van der Waals surface area contributed by atoms with Crippen LogP contribution in [0, 0.1) is 5.82 Å². The maximum atomic E-state index is 12.7. The molecule has 2 aromatic rings. The Kier molecular flexibility index (Phi) is 4.77. The van der Waals surface area contributed by atoms with Gasteiger partial charge in [-0.3, -0.25) is 4.79 Å². The summed E-state index contributed by atoms with van der Waals surface area (Å²) < 4.78 is 12.7. The van der Waals surface area contributed by atoms with Gasteiger partial charge in [-0.1, -0.05) is 29.3 Å². The zero-order chi connectivity index (χ0) is 14.5. The lowest BCUT2D eigenvalue weighted by Crippen LogP contribution is -2.07. The highest BCUT2D eigenvalue weighted by molar-refractivity contribution is 6.37. The summed E-state index contributed by atoms with van der Waals surface area (Å²) in [6.45, 7) is 0. The number of carbonyl (C=O) groups is 1. The highest BCUT2D eigenvalue weighted by Crippen LogP contribution is 2.25. The van der Waals surface area contributed by atoms with Crippen LogP contribution in [0.3, 0.4) is 0 Å². The molecule has 0 unspecified atom stereocenters. The molecule has 1 amide bonds. The van der Waals surface area contributed by atoms with Crippen molar-refractivity contribution in [1.29, 1.82) is 0 Å². The molecule has 20 heavy (non-hydrogen) atoms. The number of carbonyl (C=O) groups excluding carboxylic acids is 1. The molecular formula is C15H10Cl2FNO. The Morgan fingerprint density at radius 3 is 2.25 bits per heavy atom. The highest BCUT2D eigenvalue weighted by Gasteiger charge is 2.03. The Bertz CT molecular complexity index is 633. The number of rotatable bonds is 3. The lowest BCUT2D eigenvalue weighted by Gasteiger charge is -2.03. The summed E-state index contributed by atoms with van der Waals surface area (Å²) in [7, 11) is 0. The molecule has 0 aliphatic heterocycles. The van der Waals surface area contributed by atoms with Crippen molar-refractivity contribution >= 4 is 40.9 Å². The highest BCUT2D eigenvalue weighted by atomic mass is 35.5. The van der Waals surface area contributed by atoms with Gasteiger partial charge in [-0.15, -0.1) is 0 Å². The van der Waals surface area contributed by atoms with Crippen molar-refractivity contribution in [3.63, 3.8) is 0 Å². The minimum absolute atomic E-state index is 0.354. The van der Waals surface area contributed by atoms with E-state index in [0.717, 1.165) is 0 Å². The second-order valence-electron chi connectivity index (χ2n) is 3.96. The van der Waals surface area contributed by atoms with Gasteiger partial charge in [-0.25, -0.2) is 4.39 Å². The lowest BCUT2D eigenvalue weighted by atomic mass is 10.2. The summed E-state index contributed by atoms with van der Waals surface area (Å²) in [5.41, 5.74) is 1.08. The van der Waals surface area contributed by atoms with Gasteiger partial charge in [0.2, 0.25) is 5.91 Å². The maximum absolute atomic E-state index is 12.7. The molecule has 0 heterocycles. The van der Waals surface area contributed by atoms with Crippen molar-refractivity contribution < 1.29 is 9.18 Å². The topological polar surface area (TPSA) is 29.1 Å². The monoisotopic (exact) mass is 309 g/mol. The number of anilines is 1. The first-order valence-electron chi connectivity index (χ1n) is 5.75. The number of benzene rings is 2. The molecule has 0 radical (unpaired) electrons. The van der Waals surface area contributed by atoms with E-state index < -0.39 is 0 Å². The van der Waals surface area contributed by atoms with E-state index in [-0.39, 0.29) is 11.7 Å². The summed E-state index contributed by atoms with van der Waals surface area (Å²) in [4.78, 5) is 11.7. The predicted octanol–water partition coefficient (Wildman–Crippen LogP) is 4.78. The molecule has 0 fully saturated rings. The Morgan fingerprint density at radius 1 is 1.05 bits per heavy atom. The molecule has 102 valence electrons. The van der Waals surface area contributed by atoms with E-state index in [2.05, 4.69) is 5.32 Å². The average molecular weight is 310 g/mol. The Balaban J connectivity index is 2.08. The van der Waals surface area contributed by atoms with E-state index in [4.69, 9.17) is 23.2 Å². The van der Waals surface area contributed by atoms with E-state index >= 15 is 0 Å². The zero-order valence-electron chi connectivity index (χ0n) is 10.2. The van der Waals surface area contributed by atoms with Gasteiger partial charge in [0.05, 0.1) is 0 Å². The molecular weight excluding hydrogens is 300 g/mol. The summed E-state index contributed by atoms with van der Waals surface area (Å²) in [6, 6.07) is 10.6. The fourth-order valence-electron chi connectivity index (χ4n) is 1.55. The molecule has 0 saturated carbocycles. The van der Waals surface area contributed by atoms with Crippen LogP contribution in [0.5, 0.6) is 0 Å². The zero-order valence-corrected chi connectivity index (χ0v) is 11.8. The van der Waals surface area contributed by atoms with Crippen LogP contribution in [0.25, 0.3) is 6.08 Å². The predicted molar refractivity (Wildman–Crippen MR) is 80.5 cm³/mol. The molecule has 0 bridgehead atoms. The maximum Gasteiger partial charge on any atom is 0.248 e. The SMILES string of the molecule is O=C(/C=C/c1c(Cl)cccc1Cl)Nc1ccc(F)cc1. The number of hydrogen-bond acceptors (Lipinski definition) is 1. The van der Waals surface area contributed by atoms with Crippen LogP contribution < -0.4 is 5.32 Å². The van der Waals surface area contributed by atoms with Crippen molar-refractivity contribution in [1.82, 2.24) is 0 Å². The molecule has 1 N–H and O–H groups in total. The van der Waals surface area contributed by atoms with Gasteiger partial charge < -0.3 is 5.32 Å². The third-order valence-electron chi connectivity index (χ3n) is 2.51. The Hall–Kier alpha value is -1.84. The molecule has 0 spiro atoms. The number of hydrogen-bond donors (Lipinski definition) is 1. The smallest absolute Gasteiger partial charge is 0.248 e. The van der Waals surface area contributed by atoms with Crippen LogP contribution in [0.15, 0.2) is 48.5 Å². The number of halogens is 3. The molecule has 0 aliphatic rings. The summed E-state index contributed by atoms with van der Waals surface area (Å²) in [5, 5.41) is 3.52. The fourth-order valence-corrected chi connectivity index (χ4v) is 2.07. The quantitative estimate of drug-likeness (QED) is 0.812.